The average molecular weight is 460 g/mol. The summed E-state index contributed by atoms with van der Waals surface area (Å²) in [5, 5.41) is 11.1. The highest BCUT2D eigenvalue weighted by molar-refractivity contribution is 9.09. The summed E-state index contributed by atoms with van der Waals surface area (Å²) < 4.78 is 0. The van der Waals surface area contributed by atoms with Gasteiger partial charge in [0.2, 0.25) is 0 Å². The summed E-state index contributed by atoms with van der Waals surface area (Å²) in [5.74, 6) is 4.26. The standard InChI is InChI=1S/C25H47BrO2/c1-7-20(24(27)17-26)12-10-13-22-14-11-15-23(19(22)5)18(4)21(8-2)16-25(6,28)9-3/h18-23,28H,7-17H2,1-6H3/t18-,19-,20+,21+,22+,23?,25?/m0/s1. The van der Waals surface area contributed by atoms with Crippen LogP contribution in [0.4, 0.5) is 0 Å². The molecule has 7 atom stereocenters. The van der Waals surface area contributed by atoms with Crippen molar-refractivity contribution in [2.24, 2.45) is 35.5 Å². The highest BCUT2D eigenvalue weighted by Gasteiger charge is 2.37. The third kappa shape index (κ3) is 7.74. The summed E-state index contributed by atoms with van der Waals surface area (Å²) in [6.45, 7) is 13.5. The quantitative estimate of drug-likeness (QED) is 0.291. The molecule has 166 valence electrons. The van der Waals surface area contributed by atoms with Gasteiger partial charge in [0.15, 0.2) is 0 Å². The predicted octanol–water partition coefficient (Wildman–Crippen LogP) is 7.41. The molecule has 0 amide bonds. The van der Waals surface area contributed by atoms with Crippen LogP contribution in [0.15, 0.2) is 0 Å². The molecular formula is C25H47BrO2. The van der Waals surface area contributed by atoms with Crippen LogP contribution in [0.25, 0.3) is 0 Å². The summed E-state index contributed by atoms with van der Waals surface area (Å²) in [7, 11) is 0. The van der Waals surface area contributed by atoms with Gasteiger partial charge in [0.05, 0.1) is 10.9 Å². The number of Topliss-reactive ketones (excluding diaryl/α,β-unsaturated/α-hetero) is 1. The van der Waals surface area contributed by atoms with E-state index in [0.717, 1.165) is 49.9 Å². The molecule has 0 radical (unpaired) electrons. The van der Waals surface area contributed by atoms with Crippen LogP contribution in [-0.4, -0.2) is 21.8 Å². The smallest absolute Gasteiger partial charge is 0.146 e. The van der Waals surface area contributed by atoms with Crippen LogP contribution in [0.5, 0.6) is 0 Å². The lowest BCUT2D eigenvalue weighted by atomic mass is 9.63. The first-order valence-corrected chi connectivity index (χ1v) is 13.1. The number of hydrogen-bond acceptors (Lipinski definition) is 2. The Morgan fingerprint density at radius 1 is 1.21 bits per heavy atom. The molecule has 0 aromatic carbocycles. The molecule has 0 aromatic rings. The number of carbonyl (C=O) groups excluding carboxylic acids is 1. The van der Waals surface area contributed by atoms with Crippen molar-refractivity contribution in [2.75, 3.05) is 5.33 Å². The largest absolute Gasteiger partial charge is 0.390 e. The zero-order valence-corrected chi connectivity index (χ0v) is 21.1. The fourth-order valence-corrected chi connectivity index (χ4v) is 6.19. The fraction of sp³-hybridized carbons (Fsp3) is 0.960. The van der Waals surface area contributed by atoms with Gasteiger partial charge in [-0.25, -0.2) is 0 Å². The van der Waals surface area contributed by atoms with E-state index in [-0.39, 0.29) is 5.92 Å². The maximum Gasteiger partial charge on any atom is 0.146 e. The van der Waals surface area contributed by atoms with Crippen LogP contribution in [0, 0.1) is 35.5 Å². The molecule has 0 aliphatic heterocycles. The van der Waals surface area contributed by atoms with E-state index in [9.17, 15) is 9.90 Å². The summed E-state index contributed by atoms with van der Waals surface area (Å²) >= 11 is 3.34. The summed E-state index contributed by atoms with van der Waals surface area (Å²) in [5.41, 5.74) is -0.524. The van der Waals surface area contributed by atoms with E-state index in [4.69, 9.17) is 0 Å². The number of ketones is 1. The van der Waals surface area contributed by atoms with E-state index in [1.54, 1.807) is 0 Å². The average Bonchev–Trinajstić information content (AvgIpc) is 2.69. The molecule has 1 aliphatic carbocycles. The number of hydrogen-bond donors (Lipinski definition) is 1. The lowest BCUT2D eigenvalue weighted by molar-refractivity contribution is -0.120. The molecule has 1 aliphatic rings. The third-order valence-electron chi connectivity index (χ3n) is 8.15. The maximum atomic E-state index is 12.0. The molecule has 1 N–H and O–H groups in total. The fourth-order valence-electron chi connectivity index (χ4n) is 5.73. The Morgan fingerprint density at radius 3 is 2.43 bits per heavy atom. The SMILES string of the molecule is CC[C@H](CCC[C@@H]1CCCC([C@@H](C)[C@H](CC)CC(C)(O)CC)[C@H]1C)C(=O)CBr. The van der Waals surface area contributed by atoms with Crippen molar-refractivity contribution < 1.29 is 9.90 Å². The Balaban J connectivity index is 2.64. The van der Waals surface area contributed by atoms with Crippen molar-refractivity contribution >= 4 is 21.7 Å². The molecule has 0 spiro atoms. The van der Waals surface area contributed by atoms with Crippen LogP contribution in [0.2, 0.25) is 0 Å². The van der Waals surface area contributed by atoms with Crippen LogP contribution >= 0.6 is 15.9 Å². The first kappa shape index (κ1) is 26.1. The number of carbonyl (C=O) groups is 1. The summed E-state index contributed by atoms with van der Waals surface area (Å²) in [6, 6.07) is 0. The second kappa shape index (κ2) is 12.7. The Hall–Kier alpha value is 0.110. The third-order valence-corrected chi connectivity index (χ3v) is 8.70. The van der Waals surface area contributed by atoms with Gasteiger partial charge in [0.1, 0.15) is 5.78 Å². The second-order valence-electron chi connectivity index (χ2n) is 9.93. The number of halogens is 1. The molecule has 28 heavy (non-hydrogen) atoms. The van der Waals surface area contributed by atoms with Gasteiger partial charge in [-0.2, -0.15) is 0 Å². The van der Waals surface area contributed by atoms with E-state index in [1.165, 1.54) is 32.1 Å². The molecule has 1 saturated carbocycles. The predicted molar refractivity (Wildman–Crippen MR) is 125 cm³/mol. The van der Waals surface area contributed by atoms with Crippen molar-refractivity contribution in [3.05, 3.63) is 0 Å². The Kier molecular flexibility index (Phi) is 11.9. The van der Waals surface area contributed by atoms with E-state index in [1.807, 2.05) is 6.92 Å². The van der Waals surface area contributed by atoms with E-state index in [0.29, 0.717) is 22.9 Å². The molecule has 1 fully saturated rings. The van der Waals surface area contributed by atoms with Crippen molar-refractivity contribution in [3.8, 4) is 0 Å². The molecule has 0 aromatic heterocycles. The highest BCUT2D eigenvalue weighted by atomic mass is 79.9. The van der Waals surface area contributed by atoms with Crippen molar-refractivity contribution in [3.63, 3.8) is 0 Å². The van der Waals surface area contributed by atoms with Gasteiger partial charge in [-0.05, 0) is 68.6 Å². The van der Waals surface area contributed by atoms with E-state index in [2.05, 4.69) is 50.5 Å². The molecule has 0 bridgehead atoms. The maximum absolute atomic E-state index is 12.0. The number of alkyl halides is 1. The summed E-state index contributed by atoms with van der Waals surface area (Å²) in [4.78, 5) is 12.0. The number of aliphatic hydroxyl groups is 1. The first-order valence-electron chi connectivity index (χ1n) is 12.0. The van der Waals surface area contributed by atoms with Gasteiger partial charge < -0.3 is 5.11 Å². The minimum absolute atomic E-state index is 0.244. The molecule has 2 unspecified atom stereocenters. The zero-order valence-electron chi connectivity index (χ0n) is 19.5. The first-order chi connectivity index (χ1) is 13.2. The van der Waals surface area contributed by atoms with E-state index >= 15 is 0 Å². The highest BCUT2D eigenvalue weighted by Crippen LogP contribution is 2.45. The van der Waals surface area contributed by atoms with Gasteiger partial charge in [-0.15, -0.1) is 0 Å². The Labute approximate surface area is 183 Å². The van der Waals surface area contributed by atoms with Crippen LogP contribution in [0.1, 0.15) is 106 Å². The van der Waals surface area contributed by atoms with E-state index < -0.39 is 5.60 Å². The number of rotatable bonds is 13. The monoisotopic (exact) mass is 458 g/mol. The van der Waals surface area contributed by atoms with Crippen molar-refractivity contribution in [1.82, 2.24) is 0 Å². The van der Waals surface area contributed by atoms with Gasteiger partial charge in [-0.1, -0.05) is 82.7 Å². The molecule has 0 heterocycles. The Bertz CT molecular complexity index is 448. The van der Waals surface area contributed by atoms with Crippen molar-refractivity contribution in [2.45, 2.75) is 111 Å². The zero-order chi connectivity index (χ0) is 21.3. The van der Waals surface area contributed by atoms with Crippen LogP contribution in [0.3, 0.4) is 0 Å². The molecule has 2 nitrogen and oxygen atoms in total. The second-order valence-corrected chi connectivity index (χ2v) is 10.5. The minimum Gasteiger partial charge on any atom is -0.390 e. The molecule has 1 rings (SSSR count). The van der Waals surface area contributed by atoms with Gasteiger partial charge in [0.25, 0.3) is 0 Å². The van der Waals surface area contributed by atoms with Gasteiger partial charge in [0, 0.05) is 5.92 Å². The lowest BCUT2D eigenvalue weighted by Crippen LogP contribution is -2.36. The lowest BCUT2D eigenvalue weighted by Gasteiger charge is -2.43. The molecule has 3 heteroatoms. The van der Waals surface area contributed by atoms with Crippen LogP contribution < -0.4 is 0 Å². The molecule has 0 saturated heterocycles. The normalized spacial score (nSPS) is 28.4. The topological polar surface area (TPSA) is 37.3 Å². The molecular weight excluding hydrogens is 412 g/mol. The van der Waals surface area contributed by atoms with Gasteiger partial charge in [-0.3, -0.25) is 4.79 Å². The van der Waals surface area contributed by atoms with Crippen LogP contribution in [-0.2, 0) is 4.79 Å². The Morgan fingerprint density at radius 2 is 1.89 bits per heavy atom. The van der Waals surface area contributed by atoms with Crippen molar-refractivity contribution in [1.29, 1.82) is 0 Å². The summed E-state index contributed by atoms with van der Waals surface area (Å²) in [6.07, 6.45) is 11.5. The minimum atomic E-state index is -0.524. The van der Waals surface area contributed by atoms with Gasteiger partial charge >= 0.3 is 0 Å².